The summed E-state index contributed by atoms with van der Waals surface area (Å²) in [6.07, 6.45) is 0. The van der Waals surface area contributed by atoms with Crippen molar-refractivity contribution in [2.45, 2.75) is 6.92 Å². The summed E-state index contributed by atoms with van der Waals surface area (Å²) in [7, 11) is -0.718. The molecule has 0 aliphatic heterocycles. The first-order valence-corrected chi connectivity index (χ1v) is 3.76. The fourth-order valence-corrected chi connectivity index (χ4v) is 1.03. The van der Waals surface area contributed by atoms with Crippen molar-refractivity contribution >= 4 is 31.7 Å². The van der Waals surface area contributed by atoms with Gasteiger partial charge in [-0.1, -0.05) is 18.2 Å². The van der Waals surface area contributed by atoms with Gasteiger partial charge in [-0.2, -0.15) is 0 Å². The van der Waals surface area contributed by atoms with E-state index >= 15 is 0 Å². The fourth-order valence-electron chi connectivity index (χ4n) is 0.716. The average Bonchev–Trinajstić information content (AvgIpc) is 1.94. The molecule has 0 aromatic heterocycles. The van der Waals surface area contributed by atoms with Crippen molar-refractivity contribution in [3.63, 3.8) is 0 Å². The van der Waals surface area contributed by atoms with E-state index in [0.717, 1.165) is 5.56 Å². The van der Waals surface area contributed by atoms with Crippen LogP contribution in [-0.4, -0.2) is 23.1 Å². The van der Waals surface area contributed by atoms with Gasteiger partial charge in [-0.05, 0) is 23.1 Å². The molecule has 0 fully saturated rings. The molecule has 0 heterocycles. The third kappa shape index (κ3) is 3.19. The zero-order chi connectivity index (χ0) is 7.40. The Morgan fingerprint density at radius 1 is 1.45 bits per heavy atom. The maximum Gasteiger partial charge on any atom is 2.00 e. The maximum absolute atomic E-state index is 10.1. The minimum atomic E-state index is -0.718. The van der Waals surface area contributed by atoms with Gasteiger partial charge in [0.05, 0.1) is 0 Å². The molecule has 11 heavy (non-hydrogen) atoms. The molecule has 1 unspecified atom stereocenters. The Morgan fingerprint density at radius 2 is 2.09 bits per heavy atom. The molecular formula is C7H10MgO2P+. The number of aryl methyl sites for hydroxylation is 1. The zero-order valence-electron chi connectivity index (χ0n) is 8.33. The van der Waals surface area contributed by atoms with Gasteiger partial charge in [0.1, 0.15) is 0 Å². The third-order valence-electron chi connectivity index (χ3n) is 1.25. The van der Waals surface area contributed by atoms with E-state index in [2.05, 4.69) is 0 Å². The minimum Gasteiger partial charge on any atom is -1.00 e. The van der Waals surface area contributed by atoms with Crippen LogP contribution in [0.4, 0.5) is 0 Å². The van der Waals surface area contributed by atoms with E-state index in [4.69, 9.17) is 4.52 Å². The molecule has 0 radical (unpaired) electrons. The van der Waals surface area contributed by atoms with Crippen LogP contribution in [-0.2, 0) is 4.57 Å². The van der Waals surface area contributed by atoms with Gasteiger partial charge in [0.2, 0.25) is 0 Å². The van der Waals surface area contributed by atoms with Gasteiger partial charge in [0, 0.05) is 0 Å². The molecule has 0 bridgehead atoms. The molecule has 1 rings (SSSR count). The van der Waals surface area contributed by atoms with Crippen LogP contribution in [0.15, 0.2) is 24.3 Å². The molecule has 56 valence electrons. The second kappa shape index (κ2) is 5.53. The van der Waals surface area contributed by atoms with E-state index in [1.165, 1.54) is 0 Å². The van der Waals surface area contributed by atoms with Crippen molar-refractivity contribution < 1.29 is 11.9 Å². The van der Waals surface area contributed by atoms with Crippen molar-refractivity contribution in [3.8, 4) is 5.75 Å². The number of hydrogen-bond acceptors (Lipinski definition) is 2. The number of hydrogen-bond donors (Lipinski definition) is 0. The van der Waals surface area contributed by atoms with Crippen LogP contribution in [0.2, 0.25) is 0 Å². The molecule has 0 N–H and O–H groups in total. The Bertz CT molecular complexity index is 248. The largest absolute Gasteiger partial charge is 2.00 e. The fraction of sp³-hybridized carbons (Fsp3) is 0.143. The summed E-state index contributed by atoms with van der Waals surface area (Å²) in [5.41, 5.74) is 1.01. The molecular weight excluding hydrogens is 171 g/mol. The molecule has 0 amide bonds. The Labute approximate surface area is 86.4 Å². The standard InChI is InChI=1S/C7H8O2P.Mg.2H/c1-6-4-2-3-5-7(6)9-10-8;;;/h2-5,10H,1H3;;;/q+1;+2;2*-1. The molecule has 2 nitrogen and oxygen atoms in total. The molecule has 0 aliphatic carbocycles. The topological polar surface area (TPSA) is 26.3 Å². The van der Waals surface area contributed by atoms with E-state index in [9.17, 15) is 4.57 Å². The van der Waals surface area contributed by atoms with Crippen molar-refractivity contribution in [3.05, 3.63) is 29.8 Å². The van der Waals surface area contributed by atoms with Gasteiger partial charge in [0.15, 0.2) is 5.75 Å². The van der Waals surface area contributed by atoms with E-state index in [1.54, 1.807) is 6.07 Å². The Hall–Kier alpha value is -0.114. The second-order valence-electron chi connectivity index (χ2n) is 1.95. The van der Waals surface area contributed by atoms with Gasteiger partial charge in [0.25, 0.3) is 0 Å². The van der Waals surface area contributed by atoms with Crippen LogP contribution in [0, 0.1) is 6.92 Å². The summed E-state index contributed by atoms with van der Waals surface area (Å²) < 4.78 is 14.9. The molecule has 1 atom stereocenters. The number of para-hydroxylation sites is 1. The quantitative estimate of drug-likeness (QED) is 0.516. The summed E-state index contributed by atoms with van der Waals surface area (Å²) in [6.45, 7) is 1.91. The Morgan fingerprint density at radius 3 is 2.64 bits per heavy atom. The van der Waals surface area contributed by atoms with Crippen molar-refractivity contribution in [1.29, 1.82) is 0 Å². The predicted molar refractivity (Wildman–Crippen MR) is 48.8 cm³/mol. The Balaban J connectivity index is -0.000000333. The first kappa shape index (κ1) is 10.9. The van der Waals surface area contributed by atoms with Gasteiger partial charge < -0.3 is 2.85 Å². The van der Waals surface area contributed by atoms with Crippen LogP contribution in [0.25, 0.3) is 0 Å². The van der Waals surface area contributed by atoms with Crippen LogP contribution in [0.1, 0.15) is 8.42 Å². The van der Waals surface area contributed by atoms with Crippen molar-refractivity contribution in [1.82, 2.24) is 0 Å². The zero-order valence-corrected chi connectivity index (χ0v) is 8.75. The van der Waals surface area contributed by atoms with E-state index in [-0.39, 0.29) is 25.9 Å². The summed E-state index contributed by atoms with van der Waals surface area (Å²) in [4.78, 5) is 0. The summed E-state index contributed by atoms with van der Waals surface area (Å²) in [5.74, 6) is 0.691. The number of rotatable bonds is 2. The Kier molecular flexibility index (Phi) is 5.47. The van der Waals surface area contributed by atoms with Crippen molar-refractivity contribution in [2.75, 3.05) is 0 Å². The van der Waals surface area contributed by atoms with E-state index < -0.39 is 8.69 Å². The maximum atomic E-state index is 10.1. The summed E-state index contributed by atoms with van der Waals surface area (Å²) >= 11 is 0. The van der Waals surface area contributed by atoms with E-state index in [1.807, 2.05) is 25.1 Å². The normalized spacial score (nSPS) is 8.82. The molecule has 1 aromatic carbocycles. The summed E-state index contributed by atoms with van der Waals surface area (Å²) in [6, 6.07) is 7.47. The second-order valence-corrected chi connectivity index (χ2v) is 2.32. The van der Waals surface area contributed by atoms with Gasteiger partial charge >= 0.3 is 31.7 Å². The van der Waals surface area contributed by atoms with E-state index in [0.29, 0.717) is 5.75 Å². The van der Waals surface area contributed by atoms with Gasteiger partial charge in [-0.15, -0.1) is 0 Å². The van der Waals surface area contributed by atoms with Gasteiger partial charge in [-0.3, -0.25) is 4.52 Å². The molecule has 0 aliphatic rings. The minimum absolute atomic E-state index is 0. The first-order valence-electron chi connectivity index (χ1n) is 2.94. The molecule has 0 spiro atoms. The molecule has 0 saturated heterocycles. The van der Waals surface area contributed by atoms with Gasteiger partial charge in [-0.25, -0.2) is 0 Å². The third-order valence-corrected chi connectivity index (χ3v) is 1.55. The summed E-state index contributed by atoms with van der Waals surface area (Å²) in [5, 5.41) is 0. The van der Waals surface area contributed by atoms with Crippen LogP contribution < -0.4 is 4.52 Å². The molecule has 4 heteroatoms. The van der Waals surface area contributed by atoms with Crippen LogP contribution in [0.3, 0.4) is 0 Å². The molecule has 0 saturated carbocycles. The number of benzene rings is 1. The van der Waals surface area contributed by atoms with Crippen LogP contribution >= 0.6 is 8.69 Å². The smallest absolute Gasteiger partial charge is 1.00 e. The SMILES string of the molecule is Cc1ccccc1O[PH+]=O.[H-].[H-].[Mg+2]. The average molecular weight is 181 g/mol. The molecule has 1 aromatic rings. The monoisotopic (exact) mass is 181 g/mol. The van der Waals surface area contributed by atoms with Crippen LogP contribution in [0.5, 0.6) is 5.75 Å². The van der Waals surface area contributed by atoms with Crippen molar-refractivity contribution in [2.24, 2.45) is 0 Å². The first-order chi connectivity index (χ1) is 4.84. The predicted octanol–water partition coefficient (Wildman–Crippen LogP) is 2.16.